The molecule has 41 heavy (non-hydrogen) atoms. The first-order valence-electron chi connectivity index (χ1n) is 13.9. The third-order valence-electron chi connectivity index (χ3n) is 9.01. The molecule has 7 rings (SSSR count). The lowest BCUT2D eigenvalue weighted by Crippen LogP contribution is -2.51. The molecule has 13 heteroatoms. The Morgan fingerprint density at radius 1 is 1.05 bits per heavy atom. The molecule has 0 radical (unpaired) electrons. The van der Waals surface area contributed by atoms with Crippen molar-refractivity contribution in [1.29, 1.82) is 0 Å². The van der Waals surface area contributed by atoms with Gasteiger partial charge < -0.3 is 23.8 Å². The molecule has 0 amide bonds. The van der Waals surface area contributed by atoms with Crippen LogP contribution in [-0.4, -0.2) is 71.4 Å². The summed E-state index contributed by atoms with van der Waals surface area (Å²) < 4.78 is 71.8. The van der Waals surface area contributed by atoms with Gasteiger partial charge in [0.2, 0.25) is 0 Å². The smallest absolute Gasteiger partial charge is 0.319 e. The summed E-state index contributed by atoms with van der Waals surface area (Å²) in [6.45, 7) is 2.61. The second kappa shape index (κ2) is 10.3. The molecule has 4 aliphatic rings. The van der Waals surface area contributed by atoms with Crippen molar-refractivity contribution in [2.24, 2.45) is 0 Å². The zero-order valence-electron chi connectivity index (χ0n) is 22.1. The molecule has 3 aromatic rings. The van der Waals surface area contributed by atoms with Crippen LogP contribution in [0.25, 0.3) is 22.0 Å². The van der Waals surface area contributed by atoms with Crippen LogP contribution in [0.3, 0.4) is 0 Å². The van der Waals surface area contributed by atoms with Gasteiger partial charge in [-0.05, 0) is 50.4 Å². The van der Waals surface area contributed by atoms with Gasteiger partial charge in [0, 0.05) is 55.0 Å². The molecule has 4 aliphatic heterocycles. The Balaban J connectivity index is 1.37. The van der Waals surface area contributed by atoms with E-state index in [0.717, 1.165) is 38.3 Å². The molecule has 2 aromatic carbocycles. The molecule has 1 aromatic heterocycles. The Kier molecular flexibility index (Phi) is 6.81. The fourth-order valence-electron chi connectivity index (χ4n) is 7.18. The number of fused-ring (bicyclic) bond motifs is 4. The molecule has 0 aliphatic carbocycles. The van der Waals surface area contributed by atoms with Crippen molar-refractivity contribution in [2.45, 2.75) is 55.9 Å². The van der Waals surface area contributed by atoms with Gasteiger partial charge in [0.25, 0.3) is 0 Å². The van der Waals surface area contributed by atoms with Crippen molar-refractivity contribution in [3.05, 3.63) is 35.7 Å². The number of rotatable bonds is 6. The number of nitrogens with two attached hydrogens (primary N) is 1. The molecule has 218 valence electrons. The molecular formula is C28H29F4IN6O2. The Morgan fingerprint density at radius 3 is 2.56 bits per heavy atom. The van der Waals surface area contributed by atoms with Crippen LogP contribution < -0.4 is 23.8 Å². The van der Waals surface area contributed by atoms with Crippen LogP contribution in [-0.2, 0) is 0 Å². The summed E-state index contributed by atoms with van der Waals surface area (Å²) >= 11 is 1.67. The highest BCUT2D eigenvalue weighted by molar-refractivity contribution is 14.1. The highest BCUT2D eigenvalue weighted by Crippen LogP contribution is 2.44. The molecule has 3 N–H and O–H groups in total. The summed E-state index contributed by atoms with van der Waals surface area (Å²) in [5.74, 6) is -2.66. The second-order valence-corrected chi connectivity index (χ2v) is 12.1. The number of ether oxygens (including phenoxy) is 1. The predicted molar refractivity (Wildman–Crippen MR) is 155 cm³/mol. The SMILES string of the molecule is Nc1cc(F)c(F)c(-c2cc(OI)c3c(N4C[C@H]5CC[C@@H](C4)N5)nc(OC[C@@]45CCCN4C[C@H](F)C5)nc3c2F)c1. The predicted octanol–water partition coefficient (Wildman–Crippen LogP) is 4.92. The van der Waals surface area contributed by atoms with Gasteiger partial charge >= 0.3 is 6.01 Å². The van der Waals surface area contributed by atoms with Crippen LogP contribution in [0.5, 0.6) is 11.8 Å². The van der Waals surface area contributed by atoms with E-state index in [0.29, 0.717) is 37.3 Å². The molecule has 4 atom stereocenters. The normalized spacial score (nSPS) is 27.5. The van der Waals surface area contributed by atoms with Crippen LogP contribution in [0, 0.1) is 17.5 Å². The molecule has 0 unspecified atom stereocenters. The number of nitrogen functional groups attached to an aromatic ring is 1. The molecule has 4 saturated heterocycles. The maximum Gasteiger partial charge on any atom is 0.319 e. The van der Waals surface area contributed by atoms with Gasteiger partial charge in [0.05, 0.1) is 10.9 Å². The zero-order chi connectivity index (χ0) is 28.5. The highest BCUT2D eigenvalue weighted by atomic mass is 127. The third-order valence-corrected chi connectivity index (χ3v) is 9.48. The monoisotopic (exact) mass is 684 g/mol. The minimum absolute atomic E-state index is 0.0536. The summed E-state index contributed by atoms with van der Waals surface area (Å²) in [5, 5.41) is 3.89. The van der Waals surface area contributed by atoms with Crippen LogP contribution in [0.15, 0.2) is 18.2 Å². The number of piperazine rings is 1. The van der Waals surface area contributed by atoms with Crippen LogP contribution in [0.4, 0.5) is 29.1 Å². The molecule has 5 heterocycles. The van der Waals surface area contributed by atoms with Gasteiger partial charge in [-0.25, -0.2) is 17.6 Å². The highest BCUT2D eigenvalue weighted by Gasteiger charge is 2.49. The van der Waals surface area contributed by atoms with Crippen molar-refractivity contribution < 1.29 is 25.4 Å². The van der Waals surface area contributed by atoms with Gasteiger partial charge in [0.15, 0.2) is 40.5 Å². The molecule has 0 saturated carbocycles. The number of anilines is 2. The van der Waals surface area contributed by atoms with Crippen LogP contribution in [0.1, 0.15) is 32.1 Å². The fourth-order valence-corrected chi connectivity index (χ4v) is 7.53. The van der Waals surface area contributed by atoms with E-state index >= 15 is 4.39 Å². The van der Waals surface area contributed by atoms with Gasteiger partial charge in [0.1, 0.15) is 29.9 Å². The maximum absolute atomic E-state index is 16.4. The van der Waals surface area contributed by atoms with E-state index < -0.39 is 29.2 Å². The quantitative estimate of drug-likeness (QED) is 0.215. The van der Waals surface area contributed by atoms with E-state index in [2.05, 4.69) is 20.1 Å². The summed E-state index contributed by atoms with van der Waals surface area (Å²) in [7, 11) is 0. The van der Waals surface area contributed by atoms with Crippen molar-refractivity contribution in [1.82, 2.24) is 20.2 Å². The number of benzene rings is 2. The topological polar surface area (TPSA) is 88.8 Å². The number of hydrogen-bond donors (Lipinski definition) is 2. The van der Waals surface area contributed by atoms with Gasteiger partial charge in [-0.1, -0.05) is 0 Å². The lowest BCUT2D eigenvalue weighted by atomic mass is 9.95. The lowest BCUT2D eigenvalue weighted by Gasteiger charge is -2.35. The fraction of sp³-hybridized carbons (Fsp3) is 0.500. The van der Waals surface area contributed by atoms with Crippen molar-refractivity contribution in [3.8, 4) is 22.9 Å². The molecule has 8 nitrogen and oxygen atoms in total. The first-order valence-corrected chi connectivity index (χ1v) is 14.7. The van der Waals surface area contributed by atoms with E-state index in [9.17, 15) is 13.2 Å². The van der Waals surface area contributed by atoms with E-state index in [1.54, 1.807) is 23.0 Å². The van der Waals surface area contributed by atoms with Crippen molar-refractivity contribution in [2.75, 3.05) is 43.4 Å². The van der Waals surface area contributed by atoms with E-state index in [-0.39, 0.29) is 52.8 Å². The summed E-state index contributed by atoms with van der Waals surface area (Å²) in [4.78, 5) is 13.4. The Bertz CT molecular complexity index is 1520. The number of hydrogen-bond acceptors (Lipinski definition) is 8. The number of nitrogens with zero attached hydrogens (tertiary/aromatic N) is 4. The number of alkyl halides is 1. The first-order chi connectivity index (χ1) is 19.7. The van der Waals surface area contributed by atoms with Crippen molar-refractivity contribution >= 4 is 45.4 Å². The van der Waals surface area contributed by atoms with Gasteiger partial charge in [-0.3, -0.25) is 4.90 Å². The minimum atomic E-state index is -1.23. The molecule has 0 spiro atoms. The standard InChI is InChI=1S/C28H29F4IN6O2/c29-14-9-28(4-1-5-39(28)10-14)13-40-27-36-25-22(26(37-27)38-11-16-2-3-17(12-38)35-16)21(41-33)8-19(24(25)32)18-6-15(34)7-20(30)23(18)31/h6-8,14,16-17,35H,1-5,9-13,34H2/t14-,16-,17+,28+/m1/s1. The van der Waals surface area contributed by atoms with Gasteiger partial charge in [-0.2, -0.15) is 9.97 Å². The average molecular weight is 684 g/mol. The average Bonchev–Trinajstić information content (AvgIpc) is 3.60. The largest absolute Gasteiger partial charge is 0.461 e. The summed E-state index contributed by atoms with van der Waals surface area (Å²) in [6, 6.07) is 3.79. The molecule has 4 fully saturated rings. The molecule has 2 bridgehead atoms. The van der Waals surface area contributed by atoms with E-state index in [1.165, 1.54) is 12.1 Å². The first kappa shape index (κ1) is 27.2. The maximum atomic E-state index is 16.4. The van der Waals surface area contributed by atoms with E-state index in [4.69, 9.17) is 18.5 Å². The van der Waals surface area contributed by atoms with Crippen molar-refractivity contribution in [3.63, 3.8) is 0 Å². The summed E-state index contributed by atoms with van der Waals surface area (Å²) in [5.41, 5.74) is 4.53. The third kappa shape index (κ3) is 4.63. The lowest BCUT2D eigenvalue weighted by molar-refractivity contribution is 0.107. The van der Waals surface area contributed by atoms with Crippen LogP contribution in [0.2, 0.25) is 0 Å². The second-order valence-electron chi connectivity index (χ2n) is 11.6. The van der Waals surface area contributed by atoms with Gasteiger partial charge in [-0.15, -0.1) is 0 Å². The summed E-state index contributed by atoms with van der Waals surface area (Å²) in [6.07, 6.45) is 3.20. The Labute approximate surface area is 248 Å². The van der Waals surface area contributed by atoms with E-state index in [1.807, 2.05) is 0 Å². The number of nitrogens with one attached hydrogen (secondary N) is 1. The zero-order valence-corrected chi connectivity index (χ0v) is 24.3. The van der Waals surface area contributed by atoms with Crippen LogP contribution >= 0.6 is 23.0 Å². The Hall–Kier alpha value is -2.65. The minimum Gasteiger partial charge on any atom is -0.461 e. The molecular weight excluding hydrogens is 655 g/mol. The number of aromatic nitrogens is 2. The number of halogens is 5. The Morgan fingerprint density at radius 2 is 1.80 bits per heavy atom.